The van der Waals surface area contributed by atoms with Gasteiger partial charge in [-0.05, 0) is 43.1 Å². The van der Waals surface area contributed by atoms with Crippen molar-refractivity contribution in [2.75, 3.05) is 0 Å². The third-order valence-electron chi connectivity index (χ3n) is 4.11. The summed E-state index contributed by atoms with van der Waals surface area (Å²) < 4.78 is 1.86. The molecule has 0 aliphatic heterocycles. The Kier molecular flexibility index (Phi) is 4.21. The van der Waals surface area contributed by atoms with Crippen LogP contribution < -0.4 is 5.73 Å². The Morgan fingerprint density at radius 2 is 2.35 bits per heavy atom. The molecular weight excluding hydrogens is 210 g/mol. The minimum absolute atomic E-state index is 0.373. The van der Waals surface area contributed by atoms with E-state index >= 15 is 0 Å². The van der Waals surface area contributed by atoms with Gasteiger partial charge in [0, 0.05) is 19.3 Å². The second-order valence-corrected chi connectivity index (χ2v) is 5.76. The number of rotatable bonds is 4. The number of aryl methyl sites for hydroxylation is 2. The summed E-state index contributed by atoms with van der Waals surface area (Å²) in [4.78, 5) is 0. The van der Waals surface area contributed by atoms with Crippen LogP contribution in [0.1, 0.15) is 44.6 Å². The van der Waals surface area contributed by atoms with E-state index in [1.54, 1.807) is 0 Å². The number of nitrogens with zero attached hydrogens (tertiary/aromatic N) is 2. The van der Waals surface area contributed by atoms with Crippen LogP contribution in [0, 0.1) is 11.8 Å². The van der Waals surface area contributed by atoms with Crippen LogP contribution in [0.25, 0.3) is 0 Å². The molecule has 1 aliphatic carbocycles. The summed E-state index contributed by atoms with van der Waals surface area (Å²) in [5, 5.41) is 4.19. The standard InChI is InChI=1S/C14H25N3/c1-11-4-3-5-13(8-11)14(15)7-6-12-9-16-17(2)10-12/h9-11,13-14H,3-8,15H2,1-2H3. The largest absolute Gasteiger partial charge is 0.327 e. The molecule has 3 unspecified atom stereocenters. The van der Waals surface area contributed by atoms with Gasteiger partial charge in [-0.2, -0.15) is 5.10 Å². The molecule has 0 amide bonds. The van der Waals surface area contributed by atoms with Crippen molar-refractivity contribution in [1.29, 1.82) is 0 Å². The minimum atomic E-state index is 0.373. The highest BCUT2D eigenvalue weighted by Crippen LogP contribution is 2.31. The molecule has 3 atom stereocenters. The molecule has 1 aromatic rings. The van der Waals surface area contributed by atoms with E-state index in [0.29, 0.717) is 6.04 Å². The summed E-state index contributed by atoms with van der Waals surface area (Å²) >= 11 is 0. The fourth-order valence-electron chi connectivity index (χ4n) is 3.04. The van der Waals surface area contributed by atoms with Crippen LogP contribution in [0.5, 0.6) is 0 Å². The van der Waals surface area contributed by atoms with Gasteiger partial charge in [0.15, 0.2) is 0 Å². The Balaban J connectivity index is 1.78. The maximum atomic E-state index is 6.34. The second kappa shape index (κ2) is 5.67. The molecule has 0 saturated heterocycles. The maximum Gasteiger partial charge on any atom is 0.0521 e. The smallest absolute Gasteiger partial charge is 0.0521 e. The molecule has 2 rings (SSSR count). The predicted molar refractivity (Wildman–Crippen MR) is 70.6 cm³/mol. The van der Waals surface area contributed by atoms with Gasteiger partial charge >= 0.3 is 0 Å². The average Bonchev–Trinajstić information content (AvgIpc) is 2.72. The van der Waals surface area contributed by atoms with Crippen LogP contribution in [0.4, 0.5) is 0 Å². The van der Waals surface area contributed by atoms with Crippen molar-refractivity contribution >= 4 is 0 Å². The van der Waals surface area contributed by atoms with E-state index in [2.05, 4.69) is 18.2 Å². The molecule has 1 saturated carbocycles. The van der Waals surface area contributed by atoms with Crippen molar-refractivity contribution in [3.8, 4) is 0 Å². The zero-order chi connectivity index (χ0) is 12.3. The summed E-state index contributed by atoms with van der Waals surface area (Å²) in [5.74, 6) is 1.62. The fourth-order valence-corrected chi connectivity index (χ4v) is 3.04. The topological polar surface area (TPSA) is 43.8 Å². The summed E-state index contributed by atoms with van der Waals surface area (Å²) in [6.45, 7) is 2.36. The number of hydrogen-bond acceptors (Lipinski definition) is 2. The molecule has 96 valence electrons. The van der Waals surface area contributed by atoms with Gasteiger partial charge in [-0.25, -0.2) is 0 Å². The van der Waals surface area contributed by atoms with Crippen LogP contribution >= 0.6 is 0 Å². The van der Waals surface area contributed by atoms with Gasteiger partial charge in [0.1, 0.15) is 0 Å². The highest BCUT2D eigenvalue weighted by atomic mass is 15.2. The lowest BCUT2D eigenvalue weighted by Gasteiger charge is -2.31. The first kappa shape index (κ1) is 12.6. The van der Waals surface area contributed by atoms with E-state index in [9.17, 15) is 0 Å². The molecule has 17 heavy (non-hydrogen) atoms. The summed E-state index contributed by atoms with van der Waals surface area (Å²) in [5.41, 5.74) is 7.65. The molecule has 0 aromatic carbocycles. The Labute approximate surface area is 104 Å². The second-order valence-electron chi connectivity index (χ2n) is 5.76. The van der Waals surface area contributed by atoms with Crippen molar-refractivity contribution in [3.63, 3.8) is 0 Å². The fraction of sp³-hybridized carbons (Fsp3) is 0.786. The number of nitrogens with two attached hydrogens (primary N) is 1. The lowest BCUT2D eigenvalue weighted by molar-refractivity contribution is 0.240. The van der Waals surface area contributed by atoms with Crippen LogP contribution in [0.15, 0.2) is 12.4 Å². The molecular formula is C14H25N3. The van der Waals surface area contributed by atoms with Gasteiger partial charge in [-0.1, -0.05) is 19.8 Å². The van der Waals surface area contributed by atoms with Crippen LogP contribution in [-0.4, -0.2) is 15.8 Å². The summed E-state index contributed by atoms with van der Waals surface area (Å²) in [6, 6.07) is 0.373. The van der Waals surface area contributed by atoms with Gasteiger partial charge in [0.2, 0.25) is 0 Å². The molecule has 3 nitrogen and oxygen atoms in total. The van der Waals surface area contributed by atoms with Crippen LogP contribution in [-0.2, 0) is 13.5 Å². The van der Waals surface area contributed by atoms with Gasteiger partial charge in [0.05, 0.1) is 6.20 Å². The Hall–Kier alpha value is -0.830. The molecule has 0 radical (unpaired) electrons. The molecule has 1 fully saturated rings. The summed E-state index contributed by atoms with van der Waals surface area (Å²) in [6.07, 6.45) is 11.6. The number of aromatic nitrogens is 2. The van der Waals surface area contributed by atoms with Gasteiger partial charge < -0.3 is 5.73 Å². The van der Waals surface area contributed by atoms with Crippen molar-refractivity contribution in [3.05, 3.63) is 18.0 Å². The Morgan fingerprint density at radius 1 is 1.53 bits per heavy atom. The molecule has 1 heterocycles. The van der Waals surface area contributed by atoms with E-state index in [1.807, 2.05) is 17.9 Å². The minimum Gasteiger partial charge on any atom is -0.327 e. The lowest BCUT2D eigenvalue weighted by atomic mass is 9.77. The first-order valence-corrected chi connectivity index (χ1v) is 6.88. The van der Waals surface area contributed by atoms with E-state index in [1.165, 1.54) is 31.2 Å². The van der Waals surface area contributed by atoms with E-state index < -0.39 is 0 Å². The molecule has 3 heteroatoms. The van der Waals surface area contributed by atoms with Crippen molar-refractivity contribution in [2.45, 2.75) is 51.5 Å². The third-order valence-corrected chi connectivity index (χ3v) is 4.11. The first-order valence-electron chi connectivity index (χ1n) is 6.88. The van der Waals surface area contributed by atoms with E-state index in [0.717, 1.165) is 24.7 Å². The third kappa shape index (κ3) is 3.56. The lowest BCUT2D eigenvalue weighted by Crippen LogP contribution is -2.33. The van der Waals surface area contributed by atoms with Gasteiger partial charge in [-0.15, -0.1) is 0 Å². The van der Waals surface area contributed by atoms with Gasteiger partial charge in [-0.3, -0.25) is 4.68 Å². The van der Waals surface area contributed by atoms with E-state index in [-0.39, 0.29) is 0 Å². The average molecular weight is 235 g/mol. The highest BCUT2D eigenvalue weighted by molar-refractivity contribution is 5.04. The Bertz CT molecular complexity index is 345. The number of hydrogen-bond donors (Lipinski definition) is 1. The SMILES string of the molecule is CC1CCCC(C(N)CCc2cnn(C)c2)C1. The molecule has 1 aliphatic rings. The molecule has 0 spiro atoms. The molecule has 1 aromatic heterocycles. The van der Waals surface area contributed by atoms with E-state index in [4.69, 9.17) is 5.73 Å². The maximum absolute atomic E-state index is 6.34. The zero-order valence-corrected chi connectivity index (χ0v) is 11.1. The molecule has 0 bridgehead atoms. The van der Waals surface area contributed by atoms with Crippen LogP contribution in [0.2, 0.25) is 0 Å². The monoisotopic (exact) mass is 235 g/mol. The van der Waals surface area contributed by atoms with Crippen molar-refractivity contribution in [1.82, 2.24) is 9.78 Å². The predicted octanol–water partition coefficient (Wildman–Crippen LogP) is 2.51. The first-order chi connectivity index (χ1) is 8.15. The molecule has 2 N–H and O–H groups in total. The quantitative estimate of drug-likeness (QED) is 0.871. The van der Waals surface area contributed by atoms with Crippen molar-refractivity contribution < 1.29 is 0 Å². The zero-order valence-electron chi connectivity index (χ0n) is 11.1. The highest BCUT2D eigenvalue weighted by Gasteiger charge is 2.23. The normalized spacial score (nSPS) is 27.0. The van der Waals surface area contributed by atoms with Crippen molar-refractivity contribution in [2.24, 2.45) is 24.6 Å². The van der Waals surface area contributed by atoms with Gasteiger partial charge in [0.25, 0.3) is 0 Å². The van der Waals surface area contributed by atoms with Crippen LogP contribution in [0.3, 0.4) is 0 Å². The summed E-state index contributed by atoms with van der Waals surface area (Å²) in [7, 11) is 1.96. The Morgan fingerprint density at radius 3 is 3.00 bits per heavy atom.